The smallest absolute Gasteiger partial charge is 0.157 e. The molecule has 4 fully saturated rings. The van der Waals surface area contributed by atoms with E-state index in [9.17, 15) is 9.59 Å². The number of hydrogen-bond donors (Lipinski definition) is 0. The normalized spacial score (nSPS) is 45.1. The minimum Gasteiger partial charge on any atom is -0.299 e. The molecule has 0 aromatic rings. The summed E-state index contributed by atoms with van der Waals surface area (Å²) < 4.78 is 0. The van der Waals surface area contributed by atoms with Crippen LogP contribution in [0.2, 0.25) is 0 Å². The molecule has 0 amide bonds. The van der Waals surface area contributed by atoms with Gasteiger partial charge in [0.25, 0.3) is 0 Å². The lowest BCUT2D eigenvalue weighted by molar-refractivity contribution is -0.154. The van der Waals surface area contributed by atoms with E-state index in [2.05, 4.69) is 27.4 Å². The van der Waals surface area contributed by atoms with Gasteiger partial charge in [0.15, 0.2) is 5.78 Å². The molecule has 0 aromatic carbocycles. The van der Waals surface area contributed by atoms with Gasteiger partial charge in [-0.1, -0.05) is 40.2 Å². The van der Waals surface area contributed by atoms with Crippen LogP contribution in [0.25, 0.3) is 0 Å². The molecule has 2 nitrogen and oxygen atoms in total. The van der Waals surface area contributed by atoms with Crippen molar-refractivity contribution in [2.75, 3.05) is 0 Å². The van der Waals surface area contributed by atoms with Crippen LogP contribution < -0.4 is 0 Å². The van der Waals surface area contributed by atoms with E-state index in [0.717, 1.165) is 25.2 Å². The van der Waals surface area contributed by atoms with E-state index in [-0.39, 0.29) is 11.2 Å². The molecule has 0 spiro atoms. The monoisotopic (exact) mass is 398 g/mol. The van der Waals surface area contributed by atoms with Crippen LogP contribution in [-0.2, 0) is 9.59 Å². The predicted molar refractivity (Wildman–Crippen MR) is 118 cm³/mol. The Bertz CT molecular complexity index is 693. The van der Waals surface area contributed by atoms with Crippen molar-refractivity contribution in [3.63, 3.8) is 0 Å². The molecule has 162 valence electrons. The highest BCUT2D eigenvalue weighted by Crippen LogP contribution is 2.67. The van der Waals surface area contributed by atoms with Gasteiger partial charge in [-0.05, 0) is 97.9 Å². The zero-order chi connectivity index (χ0) is 21.0. The summed E-state index contributed by atoms with van der Waals surface area (Å²) in [5, 5.41) is 0. The van der Waals surface area contributed by atoms with Crippen molar-refractivity contribution in [3.05, 3.63) is 12.2 Å². The number of rotatable bonds is 5. The average molecular weight is 399 g/mol. The first-order chi connectivity index (χ1) is 13.7. The fourth-order valence-corrected chi connectivity index (χ4v) is 8.85. The molecule has 0 heterocycles. The SMILES string of the molecule is C=C(C)C(=O)CC[C@@H](C)[C@H]1CC[C@H]2[C@@H]3CC(=O)C4CCCC[C@]4(C)[C@H]3CC[C@]12C. The largest absolute Gasteiger partial charge is 0.299 e. The van der Waals surface area contributed by atoms with Gasteiger partial charge in [-0.3, -0.25) is 9.59 Å². The van der Waals surface area contributed by atoms with Crippen LogP contribution in [0.1, 0.15) is 98.3 Å². The zero-order valence-corrected chi connectivity index (χ0v) is 19.3. The van der Waals surface area contributed by atoms with E-state index in [1.54, 1.807) is 0 Å². The van der Waals surface area contributed by atoms with E-state index < -0.39 is 0 Å². The molecule has 8 atom stereocenters. The van der Waals surface area contributed by atoms with E-state index in [1.807, 2.05) is 6.92 Å². The van der Waals surface area contributed by atoms with Gasteiger partial charge in [0.05, 0.1) is 0 Å². The van der Waals surface area contributed by atoms with E-state index >= 15 is 0 Å². The maximum Gasteiger partial charge on any atom is 0.157 e. The number of fused-ring (bicyclic) bond motifs is 5. The molecule has 4 rings (SSSR count). The van der Waals surface area contributed by atoms with Gasteiger partial charge in [0, 0.05) is 18.8 Å². The van der Waals surface area contributed by atoms with Gasteiger partial charge in [0.1, 0.15) is 5.78 Å². The first-order valence-electron chi connectivity index (χ1n) is 12.4. The molecule has 0 radical (unpaired) electrons. The maximum atomic E-state index is 13.2. The summed E-state index contributed by atoms with van der Waals surface area (Å²) in [5.74, 6) is 4.58. The molecule has 2 heteroatoms. The predicted octanol–water partition coefficient (Wildman–Crippen LogP) is 6.78. The number of ketones is 2. The van der Waals surface area contributed by atoms with Gasteiger partial charge >= 0.3 is 0 Å². The number of allylic oxidation sites excluding steroid dienone is 1. The van der Waals surface area contributed by atoms with Crippen LogP contribution in [-0.4, -0.2) is 11.6 Å². The maximum absolute atomic E-state index is 13.2. The minimum atomic E-state index is 0.231. The Balaban J connectivity index is 1.51. The Morgan fingerprint density at radius 2 is 1.79 bits per heavy atom. The van der Waals surface area contributed by atoms with Crippen LogP contribution in [0, 0.1) is 46.3 Å². The highest BCUT2D eigenvalue weighted by molar-refractivity contribution is 5.94. The van der Waals surface area contributed by atoms with Crippen molar-refractivity contribution >= 4 is 11.6 Å². The van der Waals surface area contributed by atoms with Crippen LogP contribution in [0.3, 0.4) is 0 Å². The fourth-order valence-electron chi connectivity index (χ4n) is 8.85. The molecular weight excluding hydrogens is 356 g/mol. The van der Waals surface area contributed by atoms with Gasteiger partial charge in [-0.2, -0.15) is 0 Å². The summed E-state index contributed by atoms with van der Waals surface area (Å²) in [6, 6.07) is 0. The zero-order valence-electron chi connectivity index (χ0n) is 19.3. The van der Waals surface area contributed by atoms with Crippen LogP contribution in [0.5, 0.6) is 0 Å². The van der Waals surface area contributed by atoms with Crippen molar-refractivity contribution in [2.24, 2.45) is 46.3 Å². The summed E-state index contributed by atoms with van der Waals surface area (Å²) in [6.45, 7) is 13.1. The third-order valence-corrected chi connectivity index (χ3v) is 10.4. The number of hydrogen-bond acceptors (Lipinski definition) is 2. The second kappa shape index (κ2) is 7.65. The standard InChI is InChI=1S/C27H42O2/c1-17(2)24(28)12-9-18(3)20-10-11-21-19-16-25(29)23-8-6-7-14-26(23,4)22(19)13-15-27(20,21)5/h18-23H,1,6-16H2,2-5H3/t18-,19+,20-,21+,22+,23?,26-,27-/m1/s1. The second-order valence-corrected chi connectivity index (χ2v) is 11.8. The summed E-state index contributed by atoms with van der Waals surface area (Å²) in [6.07, 6.45) is 12.8. The van der Waals surface area contributed by atoms with Crippen LogP contribution in [0.4, 0.5) is 0 Å². The van der Waals surface area contributed by atoms with Crippen molar-refractivity contribution in [2.45, 2.75) is 98.3 Å². The summed E-state index contributed by atoms with van der Waals surface area (Å²) >= 11 is 0. The minimum absolute atomic E-state index is 0.231. The lowest BCUT2D eigenvalue weighted by atomic mass is 9.44. The molecule has 0 saturated heterocycles. The Morgan fingerprint density at radius 1 is 1.07 bits per heavy atom. The van der Waals surface area contributed by atoms with Gasteiger partial charge in [0.2, 0.25) is 0 Å². The summed E-state index contributed by atoms with van der Waals surface area (Å²) in [4.78, 5) is 25.3. The van der Waals surface area contributed by atoms with E-state index in [0.29, 0.717) is 52.8 Å². The molecule has 0 aromatic heterocycles. The Labute approximate surface area is 178 Å². The molecule has 29 heavy (non-hydrogen) atoms. The molecule has 0 bridgehead atoms. The average Bonchev–Trinajstić information content (AvgIpc) is 3.03. The highest BCUT2D eigenvalue weighted by Gasteiger charge is 2.61. The quantitative estimate of drug-likeness (QED) is 0.479. The van der Waals surface area contributed by atoms with Gasteiger partial charge in [-0.25, -0.2) is 0 Å². The molecule has 0 aliphatic heterocycles. The third-order valence-electron chi connectivity index (χ3n) is 10.4. The molecule has 4 aliphatic carbocycles. The third kappa shape index (κ3) is 3.37. The van der Waals surface area contributed by atoms with E-state index in [4.69, 9.17) is 0 Å². The van der Waals surface area contributed by atoms with Gasteiger partial charge < -0.3 is 0 Å². The van der Waals surface area contributed by atoms with Crippen LogP contribution in [0.15, 0.2) is 12.2 Å². The molecule has 1 unspecified atom stereocenters. The van der Waals surface area contributed by atoms with Crippen molar-refractivity contribution in [3.8, 4) is 0 Å². The summed E-state index contributed by atoms with van der Waals surface area (Å²) in [7, 11) is 0. The summed E-state index contributed by atoms with van der Waals surface area (Å²) in [5.41, 5.74) is 1.34. The molecule has 4 saturated carbocycles. The van der Waals surface area contributed by atoms with Crippen LogP contribution >= 0.6 is 0 Å². The molecular formula is C27H42O2. The topological polar surface area (TPSA) is 34.1 Å². The van der Waals surface area contributed by atoms with E-state index in [1.165, 1.54) is 44.9 Å². The first kappa shape index (κ1) is 21.3. The Kier molecular flexibility index (Phi) is 5.62. The fraction of sp³-hybridized carbons (Fsp3) is 0.852. The van der Waals surface area contributed by atoms with Gasteiger partial charge in [-0.15, -0.1) is 0 Å². The number of Topliss-reactive ketones (excluding diaryl/α,β-unsaturated/α-hetero) is 2. The molecule has 4 aliphatic rings. The Morgan fingerprint density at radius 3 is 2.52 bits per heavy atom. The number of carbonyl (C=O) groups is 2. The van der Waals surface area contributed by atoms with Crippen molar-refractivity contribution in [1.82, 2.24) is 0 Å². The second-order valence-electron chi connectivity index (χ2n) is 11.8. The lowest BCUT2D eigenvalue weighted by Gasteiger charge is -2.60. The van der Waals surface area contributed by atoms with Crippen molar-refractivity contribution < 1.29 is 9.59 Å². The van der Waals surface area contributed by atoms with Crippen molar-refractivity contribution in [1.29, 1.82) is 0 Å². The highest BCUT2D eigenvalue weighted by atomic mass is 16.1. The molecule has 0 N–H and O–H groups in total. The first-order valence-corrected chi connectivity index (χ1v) is 12.4. The Hall–Kier alpha value is -0.920. The number of carbonyl (C=O) groups excluding carboxylic acids is 2. The lowest BCUT2D eigenvalue weighted by Crippen LogP contribution is -2.56.